The van der Waals surface area contributed by atoms with Crippen LogP contribution in [0.2, 0.25) is 0 Å². The van der Waals surface area contributed by atoms with E-state index in [4.69, 9.17) is 10.5 Å². The van der Waals surface area contributed by atoms with E-state index in [1.54, 1.807) is 13.0 Å². The predicted octanol–water partition coefficient (Wildman–Crippen LogP) is 1.60. The number of aryl methyl sites for hydroxylation is 1. The zero-order chi connectivity index (χ0) is 14.4. The molecule has 0 aliphatic rings. The summed E-state index contributed by atoms with van der Waals surface area (Å²) >= 11 is 0. The average molecular weight is 274 g/mol. The molecule has 0 radical (unpaired) electrons. The van der Waals surface area contributed by atoms with E-state index in [0.29, 0.717) is 11.6 Å². The molecule has 0 saturated carbocycles. The first kappa shape index (κ1) is 15.6. The van der Waals surface area contributed by atoms with Crippen LogP contribution in [0.25, 0.3) is 0 Å². The topological polar surface area (TPSA) is 64.3 Å². The first-order chi connectivity index (χ1) is 8.92. The van der Waals surface area contributed by atoms with Gasteiger partial charge in [-0.3, -0.25) is 0 Å². The Morgan fingerprint density at radius 1 is 1.37 bits per heavy atom. The Kier molecular flexibility index (Phi) is 5.88. The number of ether oxygens (including phenoxy) is 1. The van der Waals surface area contributed by atoms with Crippen LogP contribution >= 0.6 is 0 Å². The van der Waals surface area contributed by atoms with Crippen LogP contribution in [-0.2, 0) is 0 Å². The van der Waals surface area contributed by atoms with Crippen molar-refractivity contribution in [1.29, 1.82) is 0 Å². The number of hydrogen-bond acceptors (Lipinski definition) is 5. The Morgan fingerprint density at radius 2 is 2.05 bits per heavy atom. The molecule has 1 aromatic heterocycles. The monoisotopic (exact) mass is 274 g/mol. The fraction of sp³-hybridized carbons (Fsp3) is 0.667. The number of rotatable bonds is 7. The molecule has 5 nitrogen and oxygen atoms in total. The van der Waals surface area contributed by atoms with Gasteiger partial charge in [-0.1, -0.05) is 0 Å². The number of aromatic nitrogens is 2. The molecule has 0 bridgehead atoms. The van der Waals surface area contributed by atoms with Crippen molar-refractivity contribution in [3.63, 3.8) is 0 Å². The van der Waals surface area contributed by atoms with Crippen LogP contribution in [0.5, 0.6) is 5.88 Å². The molecule has 1 heterocycles. The van der Waals surface area contributed by atoms with E-state index < -0.39 is 13.0 Å². The van der Waals surface area contributed by atoms with E-state index in [9.17, 15) is 8.78 Å². The van der Waals surface area contributed by atoms with E-state index in [2.05, 4.69) is 9.97 Å². The summed E-state index contributed by atoms with van der Waals surface area (Å²) in [5.74, 6) is 0.607. The Balaban J connectivity index is 2.97. The van der Waals surface area contributed by atoms with E-state index >= 15 is 0 Å². The van der Waals surface area contributed by atoms with Crippen LogP contribution in [0, 0.1) is 6.92 Å². The van der Waals surface area contributed by atoms with E-state index in [0.717, 1.165) is 0 Å². The van der Waals surface area contributed by atoms with Gasteiger partial charge in [-0.25, -0.2) is 13.8 Å². The molecular formula is C12H20F2N4O. The summed E-state index contributed by atoms with van der Waals surface area (Å²) in [6, 6.07) is 1.67. The molecule has 0 saturated heterocycles. The summed E-state index contributed by atoms with van der Waals surface area (Å²) in [7, 11) is 0. The Bertz CT molecular complexity index is 401. The number of halogens is 2. The largest absolute Gasteiger partial charge is 0.475 e. The first-order valence-electron chi connectivity index (χ1n) is 6.18. The van der Waals surface area contributed by atoms with Gasteiger partial charge in [-0.05, 0) is 20.8 Å². The number of hydrogen-bond donors (Lipinski definition) is 1. The van der Waals surface area contributed by atoms with Gasteiger partial charge in [0.1, 0.15) is 0 Å². The van der Waals surface area contributed by atoms with Crippen molar-refractivity contribution in [2.24, 2.45) is 5.73 Å². The molecular weight excluding hydrogens is 254 g/mol. The molecule has 19 heavy (non-hydrogen) atoms. The maximum absolute atomic E-state index is 12.5. The molecule has 7 heteroatoms. The van der Waals surface area contributed by atoms with Crippen LogP contribution in [0.4, 0.5) is 14.7 Å². The zero-order valence-electron chi connectivity index (χ0n) is 11.4. The summed E-state index contributed by atoms with van der Waals surface area (Å²) in [5.41, 5.74) is 6.09. The van der Waals surface area contributed by atoms with Crippen LogP contribution in [0.15, 0.2) is 6.07 Å². The van der Waals surface area contributed by atoms with Crippen molar-refractivity contribution >= 4 is 5.95 Å². The summed E-state index contributed by atoms with van der Waals surface area (Å²) in [6.45, 7) is 5.59. The smallest absolute Gasteiger partial charge is 0.255 e. The van der Waals surface area contributed by atoms with Gasteiger partial charge in [-0.15, -0.1) is 0 Å². The second kappa shape index (κ2) is 7.18. The van der Waals surface area contributed by atoms with Gasteiger partial charge >= 0.3 is 0 Å². The van der Waals surface area contributed by atoms with Crippen LogP contribution in [-0.4, -0.2) is 42.1 Å². The lowest BCUT2D eigenvalue weighted by atomic mass is 10.4. The van der Waals surface area contributed by atoms with Crippen LogP contribution in [0.1, 0.15) is 19.5 Å². The normalized spacial score (nSPS) is 11.2. The lowest BCUT2D eigenvalue weighted by Crippen LogP contribution is -2.35. The first-order valence-corrected chi connectivity index (χ1v) is 6.18. The molecule has 0 aliphatic carbocycles. The van der Waals surface area contributed by atoms with Crippen molar-refractivity contribution < 1.29 is 13.5 Å². The fourth-order valence-electron chi connectivity index (χ4n) is 1.56. The van der Waals surface area contributed by atoms with Crippen LogP contribution in [0.3, 0.4) is 0 Å². The molecule has 0 unspecified atom stereocenters. The lowest BCUT2D eigenvalue weighted by molar-refractivity contribution is 0.154. The molecule has 1 rings (SSSR count). The van der Waals surface area contributed by atoms with E-state index in [1.165, 1.54) is 4.90 Å². The average Bonchev–Trinajstić information content (AvgIpc) is 2.26. The maximum Gasteiger partial charge on any atom is 0.255 e. The van der Waals surface area contributed by atoms with Gasteiger partial charge in [0.25, 0.3) is 6.43 Å². The highest BCUT2D eigenvalue weighted by atomic mass is 19.3. The highest BCUT2D eigenvalue weighted by Gasteiger charge is 2.16. The minimum absolute atomic E-state index is 0.0415. The van der Waals surface area contributed by atoms with Gasteiger partial charge < -0.3 is 15.4 Å². The maximum atomic E-state index is 12.5. The molecule has 0 fully saturated rings. The number of nitrogens with zero attached hydrogens (tertiary/aromatic N) is 3. The van der Waals surface area contributed by atoms with Crippen molar-refractivity contribution in [2.75, 3.05) is 24.5 Å². The molecule has 1 aromatic rings. The third kappa shape index (κ3) is 5.34. The third-order valence-electron chi connectivity index (χ3n) is 2.22. The molecule has 2 N–H and O–H groups in total. The van der Waals surface area contributed by atoms with Crippen molar-refractivity contribution in [1.82, 2.24) is 9.97 Å². The second-order valence-electron chi connectivity index (χ2n) is 4.44. The molecule has 0 aliphatic heterocycles. The van der Waals surface area contributed by atoms with Crippen molar-refractivity contribution in [3.05, 3.63) is 11.8 Å². The summed E-state index contributed by atoms with van der Waals surface area (Å²) < 4.78 is 30.5. The van der Waals surface area contributed by atoms with Gasteiger partial charge in [0.15, 0.2) is 0 Å². The second-order valence-corrected chi connectivity index (χ2v) is 4.44. The highest BCUT2D eigenvalue weighted by Crippen LogP contribution is 2.17. The molecule has 0 spiro atoms. The number of alkyl halides is 2. The third-order valence-corrected chi connectivity index (χ3v) is 2.22. The predicted molar refractivity (Wildman–Crippen MR) is 69.8 cm³/mol. The quantitative estimate of drug-likeness (QED) is 0.818. The van der Waals surface area contributed by atoms with Gasteiger partial charge in [0.2, 0.25) is 11.8 Å². The minimum Gasteiger partial charge on any atom is -0.475 e. The van der Waals surface area contributed by atoms with Crippen LogP contribution < -0.4 is 15.4 Å². The van der Waals surface area contributed by atoms with Gasteiger partial charge in [-0.2, -0.15) is 4.98 Å². The summed E-state index contributed by atoms with van der Waals surface area (Å²) in [6.07, 6.45) is -2.51. The molecule has 108 valence electrons. The molecule has 0 atom stereocenters. The standard InChI is InChI=1S/C12H20F2N4O/c1-8(2)19-11-6-9(3)16-12(17-11)18(5-4-15)7-10(13)14/h6,8,10H,4-5,7,15H2,1-3H3. The minimum atomic E-state index is -2.47. The van der Waals surface area contributed by atoms with Gasteiger partial charge in [0, 0.05) is 24.8 Å². The zero-order valence-corrected chi connectivity index (χ0v) is 11.4. The molecule has 0 amide bonds. The molecule has 0 aromatic carbocycles. The number of anilines is 1. The Hall–Kier alpha value is -1.50. The Labute approximate surface area is 111 Å². The number of nitrogens with two attached hydrogens (primary N) is 1. The SMILES string of the molecule is Cc1cc(OC(C)C)nc(N(CCN)CC(F)F)n1. The van der Waals surface area contributed by atoms with Gasteiger partial charge in [0.05, 0.1) is 12.6 Å². The fourth-order valence-corrected chi connectivity index (χ4v) is 1.56. The van der Waals surface area contributed by atoms with Crippen molar-refractivity contribution in [2.45, 2.75) is 33.3 Å². The summed E-state index contributed by atoms with van der Waals surface area (Å²) in [5, 5.41) is 0. The van der Waals surface area contributed by atoms with Crippen molar-refractivity contribution in [3.8, 4) is 5.88 Å². The van der Waals surface area contributed by atoms with E-state index in [-0.39, 0.29) is 25.1 Å². The summed E-state index contributed by atoms with van der Waals surface area (Å²) in [4.78, 5) is 9.67. The van der Waals surface area contributed by atoms with E-state index in [1.807, 2.05) is 13.8 Å². The lowest BCUT2D eigenvalue weighted by Gasteiger charge is -2.22. The highest BCUT2D eigenvalue weighted by molar-refractivity contribution is 5.34. The Morgan fingerprint density at radius 3 is 2.58 bits per heavy atom.